The van der Waals surface area contributed by atoms with Gasteiger partial charge in [0.15, 0.2) is 0 Å². The first kappa shape index (κ1) is 15.5. The predicted molar refractivity (Wildman–Crippen MR) is 89.6 cm³/mol. The van der Waals surface area contributed by atoms with Crippen molar-refractivity contribution in [3.63, 3.8) is 0 Å². The Morgan fingerprint density at radius 2 is 2.22 bits per heavy atom. The van der Waals surface area contributed by atoms with Gasteiger partial charge in [-0.25, -0.2) is 0 Å². The number of nitrogens with one attached hydrogen (secondary N) is 1. The second-order valence-electron chi connectivity index (χ2n) is 5.74. The number of hydrogen-bond acceptors (Lipinski definition) is 4. The first-order valence-electron chi connectivity index (χ1n) is 7.81. The molecule has 0 radical (unpaired) electrons. The maximum absolute atomic E-state index is 12.8. The minimum Gasteiger partial charge on any atom is -0.496 e. The summed E-state index contributed by atoms with van der Waals surface area (Å²) < 4.78 is 5.42. The first-order valence-corrected chi connectivity index (χ1v) is 7.81. The van der Waals surface area contributed by atoms with Crippen molar-refractivity contribution in [2.24, 2.45) is 0 Å². The van der Waals surface area contributed by atoms with E-state index in [1.807, 2.05) is 41.3 Å². The number of benzene rings is 1. The molecule has 1 amide bonds. The molecular formula is C18H21N3O2. The summed E-state index contributed by atoms with van der Waals surface area (Å²) in [5, 5.41) is 3.35. The molecule has 0 aliphatic carbocycles. The average molecular weight is 311 g/mol. The number of ether oxygens (including phenoxy) is 1. The minimum absolute atomic E-state index is 0.0539. The number of hydrogen-bond donors (Lipinski definition) is 1. The highest BCUT2D eigenvalue weighted by Crippen LogP contribution is 2.29. The molecule has 3 rings (SSSR count). The van der Waals surface area contributed by atoms with Crippen molar-refractivity contribution in [3.8, 4) is 17.0 Å². The third-order valence-corrected chi connectivity index (χ3v) is 4.04. The van der Waals surface area contributed by atoms with Crippen molar-refractivity contribution in [1.82, 2.24) is 15.2 Å². The molecule has 1 saturated heterocycles. The smallest absolute Gasteiger partial charge is 0.253 e. The minimum atomic E-state index is 0.0539. The normalized spacial score (nSPS) is 17.8. The van der Waals surface area contributed by atoms with E-state index in [4.69, 9.17) is 4.74 Å². The lowest BCUT2D eigenvalue weighted by molar-refractivity contribution is 0.0709. The monoisotopic (exact) mass is 311 g/mol. The van der Waals surface area contributed by atoms with E-state index in [1.165, 1.54) is 0 Å². The Bertz CT molecular complexity index is 688. The van der Waals surface area contributed by atoms with Crippen LogP contribution in [-0.4, -0.2) is 48.6 Å². The van der Waals surface area contributed by atoms with Crippen molar-refractivity contribution in [3.05, 3.63) is 48.2 Å². The van der Waals surface area contributed by atoms with Gasteiger partial charge in [-0.1, -0.05) is 6.07 Å². The highest BCUT2D eigenvalue weighted by atomic mass is 16.5. The van der Waals surface area contributed by atoms with E-state index in [9.17, 15) is 4.79 Å². The summed E-state index contributed by atoms with van der Waals surface area (Å²) in [5.74, 6) is 0.770. The number of aromatic nitrogens is 1. The van der Waals surface area contributed by atoms with Crippen LogP contribution in [0.2, 0.25) is 0 Å². The molecule has 1 aliphatic rings. The molecule has 1 aliphatic heterocycles. The Hall–Kier alpha value is -2.40. The fraction of sp³-hybridized carbons (Fsp3) is 0.333. The van der Waals surface area contributed by atoms with Crippen LogP contribution in [0.15, 0.2) is 42.6 Å². The lowest BCUT2D eigenvalue weighted by Crippen LogP contribution is -2.51. The summed E-state index contributed by atoms with van der Waals surface area (Å²) in [4.78, 5) is 19.0. The highest BCUT2D eigenvalue weighted by molar-refractivity contribution is 5.96. The quantitative estimate of drug-likeness (QED) is 0.944. The third kappa shape index (κ3) is 3.35. The first-order chi connectivity index (χ1) is 11.2. The van der Waals surface area contributed by atoms with Crippen LogP contribution in [0.1, 0.15) is 17.3 Å². The number of carbonyl (C=O) groups is 1. The van der Waals surface area contributed by atoms with Gasteiger partial charge < -0.3 is 15.0 Å². The molecule has 5 heteroatoms. The van der Waals surface area contributed by atoms with Gasteiger partial charge in [0.25, 0.3) is 5.91 Å². The Kier molecular flexibility index (Phi) is 4.57. The van der Waals surface area contributed by atoms with Crippen molar-refractivity contribution >= 4 is 5.91 Å². The van der Waals surface area contributed by atoms with Crippen molar-refractivity contribution in [2.75, 3.05) is 26.7 Å². The molecule has 2 heterocycles. The Labute approximate surface area is 136 Å². The van der Waals surface area contributed by atoms with Crippen LogP contribution in [0.4, 0.5) is 0 Å². The Morgan fingerprint density at radius 3 is 2.91 bits per heavy atom. The number of methoxy groups -OCH3 is 1. The largest absolute Gasteiger partial charge is 0.496 e. The summed E-state index contributed by atoms with van der Waals surface area (Å²) in [7, 11) is 1.63. The van der Waals surface area contributed by atoms with E-state index >= 15 is 0 Å². The summed E-state index contributed by atoms with van der Waals surface area (Å²) in [6.45, 7) is 4.38. The van der Waals surface area contributed by atoms with E-state index in [0.717, 1.165) is 30.9 Å². The fourth-order valence-corrected chi connectivity index (χ4v) is 2.86. The van der Waals surface area contributed by atoms with Gasteiger partial charge in [-0.15, -0.1) is 0 Å². The molecule has 1 aromatic heterocycles. The standard InChI is InChI=1S/C18H21N3O2/c1-13-12-21(10-9-19-13)18(22)14-6-7-17(23-2)15(11-14)16-5-3-4-8-20-16/h3-8,11,13,19H,9-10,12H2,1-2H3/t13-/m1/s1. The van der Waals surface area contributed by atoms with E-state index in [2.05, 4.69) is 17.2 Å². The predicted octanol–water partition coefficient (Wildman–Crippen LogP) is 2.19. The van der Waals surface area contributed by atoms with E-state index < -0.39 is 0 Å². The van der Waals surface area contributed by atoms with Crippen LogP contribution in [0.3, 0.4) is 0 Å². The van der Waals surface area contributed by atoms with Crippen molar-refractivity contribution in [1.29, 1.82) is 0 Å². The molecule has 1 N–H and O–H groups in total. The maximum atomic E-state index is 12.8. The second kappa shape index (κ2) is 6.79. The molecule has 0 bridgehead atoms. The third-order valence-electron chi connectivity index (χ3n) is 4.04. The van der Waals surface area contributed by atoms with Gasteiger partial charge >= 0.3 is 0 Å². The van der Waals surface area contributed by atoms with Gasteiger partial charge in [0, 0.05) is 43.0 Å². The number of amides is 1. The van der Waals surface area contributed by atoms with Crippen LogP contribution in [-0.2, 0) is 0 Å². The topological polar surface area (TPSA) is 54.5 Å². The van der Waals surface area contributed by atoms with Crippen LogP contribution in [0.25, 0.3) is 11.3 Å². The van der Waals surface area contributed by atoms with Gasteiger partial charge in [0.2, 0.25) is 0 Å². The number of rotatable bonds is 3. The SMILES string of the molecule is COc1ccc(C(=O)N2CCN[C@H](C)C2)cc1-c1ccccn1. The highest BCUT2D eigenvalue weighted by Gasteiger charge is 2.22. The molecule has 5 nitrogen and oxygen atoms in total. The molecule has 23 heavy (non-hydrogen) atoms. The second-order valence-corrected chi connectivity index (χ2v) is 5.74. The van der Waals surface area contributed by atoms with Gasteiger partial charge in [0.1, 0.15) is 5.75 Å². The molecule has 0 saturated carbocycles. The lowest BCUT2D eigenvalue weighted by Gasteiger charge is -2.32. The van der Waals surface area contributed by atoms with Gasteiger partial charge in [-0.2, -0.15) is 0 Å². The van der Waals surface area contributed by atoms with Crippen LogP contribution in [0, 0.1) is 0 Å². The summed E-state index contributed by atoms with van der Waals surface area (Å²) in [6, 6.07) is 11.6. The molecule has 0 unspecified atom stereocenters. The van der Waals surface area contributed by atoms with Crippen LogP contribution >= 0.6 is 0 Å². The van der Waals surface area contributed by atoms with E-state index in [-0.39, 0.29) is 5.91 Å². The van der Waals surface area contributed by atoms with E-state index in [0.29, 0.717) is 17.4 Å². The number of pyridine rings is 1. The molecule has 1 atom stereocenters. The Balaban J connectivity index is 1.93. The zero-order valence-electron chi connectivity index (χ0n) is 13.5. The van der Waals surface area contributed by atoms with Crippen molar-refractivity contribution in [2.45, 2.75) is 13.0 Å². The number of nitrogens with zero attached hydrogens (tertiary/aromatic N) is 2. The van der Waals surface area contributed by atoms with Crippen molar-refractivity contribution < 1.29 is 9.53 Å². The average Bonchev–Trinajstić information content (AvgIpc) is 2.61. The molecule has 1 fully saturated rings. The lowest BCUT2D eigenvalue weighted by atomic mass is 10.0. The van der Waals surface area contributed by atoms with Crippen LogP contribution in [0.5, 0.6) is 5.75 Å². The zero-order valence-corrected chi connectivity index (χ0v) is 13.5. The number of carbonyl (C=O) groups excluding carboxylic acids is 1. The van der Waals surface area contributed by atoms with Crippen LogP contribution < -0.4 is 10.1 Å². The summed E-state index contributed by atoms with van der Waals surface area (Å²) in [5.41, 5.74) is 2.30. The summed E-state index contributed by atoms with van der Waals surface area (Å²) >= 11 is 0. The molecule has 1 aromatic carbocycles. The Morgan fingerprint density at radius 1 is 1.35 bits per heavy atom. The van der Waals surface area contributed by atoms with Gasteiger partial charge in [-0.05, 0) is 37.3 Å². The maximum Gasteiger partial charge on any atom is 0.253 e. The van der Waals surface area contributed by atoms with E-state index in [1.54, 1.807) is 13.3 Å². The zero-order chi connectivity index (χ0) is 16.2. The summed E-state index contributed by atoms with van der Waals surface area (Å²) in [6.07, 6.45) is 1.74. The number of piperazine rings is 1. The van der Waals surface area contributed by atoms with Gasteiger partial charge in [-0.3, -0.25) is 9.78 Å². The molecule has 2 aromatic rings. The molecule has 120 valence electrons. The molecular weight excluding hydrogens is 290 g/mol. The molecule has 0 spiro atoms. The van der Waals surface area contributed by atoms with Gasteiger partial charge in [0.05, 0.1) is 12.8 Å². The fourth-order valence-electron chi connectivity index (χ4n) is 2.86.